The fraction of sp³-hybridized carbons (Fsp3) is 0.143. The van der Waals surface area contributed by atoms with Crippen LogP contribution in [-0.2, 0) is 0 Å². The van der Waals surface area contributed by atoms with E-state index in [1.807, 2.05) is 0 Å². The molecule has 0 spiro atoms. The Morgan fingerprint density at radius 3 is 2.33 bits per heavy atom. The van der Waals surface area contributed by atoms with Gasteiger partial charge >= 0.3 is 0 Å². The molecule has 0 bridgehead atoms. The van der Waals surface area contributed by atoms with Gasteiger partial charge < -0.3 is 0 Å². The van der Waals surface area contributed by atoms with E-state index in [4.69, 9.17) is 0 Å². The van der Waals surface area contributed by atoms with E-state index in [9.17, 15) is 0 Å². The fourth-order valence-corrected chi connectivity index (χ4v) is 1.59. The lowest BCUT2D eigenvalue weighted by atomic mass is 10.2. The van der Waals surface area contributed by atoms with Gasteiger partial charge in [0, 0.05) is 7.14 Å². The molecule has 0 heterocycles. The van der Waals surface area contributed by atoms with Crippen molar-refractivity contribution >= 4 is 45.2 Å². The van der Waals surface area contributed by atoms with Crippen molar-refractivity contribution < 1.29 is 0 Å². The van der Waals surface area contributed by atoms with Crippen molar-refractivity contribution in [3.05, 3.63) is 30.9 Å². The summed E-state index contributed by atoms with van der Waals surface area (Å²) in [6.45, 7) is 2.13. The SMILES string of the molecule is Cc1cc(I)ccc1I. The summed E-state index contributed by atoms with van der Waals surface area (Å²) in [5, 5.41) is 0. The van der Waals surface area contributed by atoms with E-state index in [0.29, 0.717) is 0 Å². The number of hydrogen-bond donors (Lipinski definition) is 0. The van der Waals surface area contributed by atoms with Gasteiger partial charge in [0.15, 0.2) is 0 Å². The molecule has 1 aromatic carbocycles. The van der Waals surface area contributed by atoms with E-state index >= 15 is 0 Å². The lowest BCUT2D eigenvalue weighted by Gasteiger charge is -1.95. The molecule has 1 rings (SSSR count). The average molecular weight is 344 g/mol. The topological polar surface area (TPSA) is 0 Å². The van der Waals surface area contributed by atoms with E-state index in [1.165, 1.54) is 12.7 Å². The third-order valence-electron chi connectivity index (χ3n) is 1.12. The zero-order valence-electron chi connectivity index (χ0n) is 4.99. The molecule has 0 aromatic heterocycles. The maximum Gasteiger partial charge on any atom is 0.0160 e. The minimum absolute atomic E-state index is 1.31. The maximum absolute atomic E-state index is 2.34. The molecule has 0 radical (unpaired) electrons. The van der Waals surface area contributed by atoms with Gasteiger partial charge in [-0.2, -0.15) is 0 Å². The summed E-state index contributed by atoms with van der Waals surface area (Å²) in [5.41, 5.74) is 1.36. The quantitative estimate of drug-likeness (QED) is 0.635. The van der Waals surface area contributed by atoms with E-state index in [1.54, 1.807) is 0 Å². The Bertz CT molecular complexity index is 218. The number of rotatable bonds is 0. The zero-order chi connectivity index (χ0) is 6.85. The second kappa shape index (κ2) is 3.18. The van der Waals surface area contributed by atoms with Gasteiger partial charge in [-0.3, -0.25) is 0 Å². The molecular weight excluding hydrogens is 338 g/mol. The summed E-state index contributed by atoms with van der Waals surface area (Å²) >= 11 is 4.66. The normalized spacial score (nSPS) is 9.67. The Kier molecular flexibility index (Phi) is 2.75. The molecule has 0 aliphatic carbocycles. The maximum atomic E-state index is 2.34. The van der Waals surface area contributed by atoms with E-state index in [0.717, 1.165) is 0 Å². The highest BCUT2D eigenvalue weighted by atomic mass is 127. The van der Waals surface area contributed by atoms with Crippen molar-refractivity contribution in [2.24, 2.45) is 0 Å². The van der Waals surface area contributed by atoms with Crippen LogP contribution in [0.4, 0.5) is 0 Å². The van der Waals surface area contributed by atoms with E-state index in [-0.39, 0.29) is 0 Å². The van der Waals surface area contributed by atoms with Gasteiger partial charge in [-0.25, -0.2) is 0 Å². The predicted octanol–water partition coefficient (Wildman–Crippen LogP) is 3.20. The van der Waals surface area contributed by atoms with Crippen LogP contribution in [0.3, 0.4) is 0 Å². The molecule has 0 aliphatic heterocycles. The van der Waals surface area contributed by atoms with Gasteiger partial charge in [-0.15, -0.1) is 0 Å². The minimum Gasteiger partial charge on any atom is -0.0478 e. The van der Waals surface area contributed by atoms with Crippen LogP contribution < -0.4 is 0 Å². The van der Waals surface area contributed by atoms with Crippen LogP contribution in [0.25, 0.3) is 0 Å². The molecule has 0 amide bonds. The first-order chi connectivity index (χ1) is 4.20. The molecular formula is C7H6I2. The molecule has 0 nitrogen and oxygen atoms in total. The van der Waals surface area contributed by atoms with E-state index < -0.39 is 0 Å². The van der Waals surface area contributed by atoms with Crippen LogP contribution in [0.15, 0.2) is 18.2 Å². The van der Waals surface area contributed by atoms with Crippen LogP contribution in [0.2, 0.25) is 0 Å². The monoisotopic (exact) mass is 344 g/mol. The van der Waals surface area contributed by atoms with Gasteiger partial charge in [0.1, 0.15) is 0 Å². The summed E-state index contributed by atoms with van der Waals surface area (Å²) in [4.78, 5) is 0. The highest BCUT2D eigenvalue weighted by molar-refractivity contribution is 14.1. The average Bonchev–Trinajstić information content (AvgIpc) is 1.80. The Morgan fingerprint density at radius 1 is 1.22 bits per heavy atom. The summed E-state index contributed by atoms with van der Waals surface area (Å²) in [7, 11) is 0. The van der Waals surface area contributed by atoms with Gasteiger partial charge in [0.25, 0.3) is 0 Å². The summed E-state index contributed by atoms with van der Waals surface area (Å²) in [5.74, 6) is 0. The lowest BCUT2D eigenvalue weighted by molar-refractivity contribution is 1.41. The van der Waals surface area contributed by atoms with Crippen LogP contribution in [0, 0.1) is 14.1 Å². The summed E-state index contributed by atoms with van der Waals surface area (Å²) in [6.07, 6.45) is 0. The molecule has 0 unspecified atom stereocenters. The van der Waals surface area contributed by atoms with Crippen molar-refractivity contribution in [3.63, 3.8) is 0 Å². The number of aryl methyl sites for hydroxylation is 1. The molecule has 0 atom stereocenters. The Morgan fingerprint density at radius 2 is 1.89 bits per heavy atom. The van der Waals surface area contributed by atoms with Crippen molar-refractivity contribution in [1.82, 2.24) is 0 Å². The zero-order valence-corrected chi connectivity index (χ0v) is 9.30. The molecule has 48 valence electrons. The molecule has 0 N–H and O–H groups in total. The summed E-state index contributed by atoms with van der Waals surface area (Å²) in [6, 6.07) is 6.44. The van der Waals surface area contributed by atoms with Gasteiger partial charge in [0.05, 0.1) is 0 Å². The third-order valence-corrected chi connectivity index (χ3v) is 3.00. The molecule has 1 aromatic rings. The number of halogens is 2. The highest BCUT2D eigenvalue weighted by Crippen LogP contribution is 2.13. The van der Waals surface area contributed by atoms with Crippen molar-refractivity contribution in [1.29, 1.82) is 0 Å². The van der Waals surface area contributed by atoms with Gasteiger partial charge in [-0.1, -0.05) is 0 Å². The molecule has 0 saturated carbocycles. The number of benzene rings is 1. The van der Waals surface area contributed by atoms with Crippen molar-refractivity contribution in [2.45, 2.75) is 6.92 Å². The van der Waals surface area contributed by atoms with Crippen LogP contribution in [0.5, 0.6) is 0 Å². The Balaban J connectivity index is 3.17. The number of hydrogen-bond acceptors (Lipinski definition) is 0. The molecule has 2 heteroatoms. The minimum atomic E-state index is 1.31. The smallest absolute Gasteiger partial charge is 0.0160 e. The molecule has 0 saturated heterocycles. The van der Waals surface area contributed by atoms with Crippen LogP contribution >= 0.6 is 45.2 Å². The standard InChI is InChI=1S/C7H6I2/c1-5-4-6(8)2-3-7(5)9/h2-4H,1H3. The second-order valence-corrected chi connectivity index (χ2v) is 4.30. The van der Waals surface area contributed by atoms with E-state index in [2.05, 4.69) is 70.3 Å². The fourth-order valence-electron chi connectivity index (χ4n) is 0.608. The first-order valence-corrected chi connectivity index (χ1v) is 4.77. The lowest BCUT2D eigenvalue weighted by Crippen LogP contribution is -1.79. The van der Waals surface area contributed by atoms with Gasteiger partial charge in [0.2, 0.25) is 0 Å². The largest absolute Gasteiger partial charge is 0.0478 e. The molecule has 9 heavy (non-hydrogen) atoms. The third kappa shape index (κ3) is 2.07. The Hall–Kier alpha value is 0.680. The Labute approximate surface area is 82.3 Å². The molecule has 0 fully saturated rings. The molecule has 0 aliphatic rings. The highest BCUT2D eigenvalue weighted by Gasteiger charge is 1.91. The predicted molar refractivity (Wildman–Crippen MR) is 56.6 cm³/mol. The first-order valence-electron chi connectivity index (χ1n) is 2.62. The van der Waals surface area contributed by atoms with Crippen LogP contribution in [-0.4, -0.2) is 0 Å². The summed E-state index contributed by atoms with van der Waals surface area (Å²) < 4.78 is 2.65. The second-order valence-electron chi connectivity index (χ2n) is 1.89. The van der Waals surface area contributed by atoms with Crippen molar-refractivity contribution in [3.8, 4) is 0 Å². The van der Waals surface area contributed by atoms with Crippen LogP contribution in [0.1, 0.15) is 5.56 Å². The van der Waals surface area contributed by atoms with Gasteiger partial charge in [-0.05, 0) is 75.9 Å². The first kappa shape index (κ1) is 7.78. The van der Waals surface area contributed by atoms with Crippen molar-refractivity contribution in [2.75, 3.05) is 0 Å².